The predicted molar refractivity (Wildman–Crippen MR) is 166 cm³/mol. The van der Waals surface area contributed by atoms with Gasteiger partial charge in [-0.15, -0.1) is 0 Å². The first-order chi connectivity index (χ1) is 21.7. The standard InChI is InChI=1S/C35H37F3N2O5/c1-3-13-26-21-28-29(35(36,37)38)22-30(42)45-33(28)27(14-4-2)32(26)44-20-12-11-19-40(23-41)34(43)39-31(24-15-7-5-8-16-24)25-17-9-6-10-18-25/h5-10,15-18,21-23,31H,3-4,11-14,19-20H2,1-2H3,(H,39,43). The number of rotatable bonds is 14. The van der Waals surface area contributed by atoms with Crippen LogP contribution in [0.25, 0.3) is 11.0 Å². The lowest BCUT2D eigenvalue weighted by Gasteiger charge is -2.24. The van der Waals surface area contributed by atoms with Gasteiger partial charge >= 0.3 is 17.8 Å². The highest BCUT2D eigenvalue weighted by Crippen LogP contribution is 2.40. The van der Waals surface area contributed by atoms with E-state index in [1.54, 1.807) is 0 Å². The van der Waals surface area contributed by atoms with Crippen LogP contribution < -0.4 is 15.7 Å². The molecule has 45 heavy (non-hydrogen) atoms. The highest BCUT2D eigenvalue weighted by molar-refractivity contribution is 5.87. The van der Waals surface area contributed by atoms with Crippen molar-refractivity contribution < 1.29 is 31.9 Å². The van der Waals surface area contributed by atoms with Crippen LogP contribution in [0.5, 0.6) is 5.75 Å². The van der Waals surface area contributed by atoms with Crippen molar-refractivity contribution in [3.63, 3.8) is 0 Å². The van der Waals surface area contributed by atoms with Crippen LogP contribution in [-0.4, -0.2) is 30.5 Å². The van der Waals surface area contributed by atoms with E-state index >= 15 is 0 Å². The number of carbonyl (C=O) groups is 2. The van der Waals surface area contributed by atoms with Gasteiger partial charge in [-0.3, -0.25) is 9.69 Å². The Labute approximate surface area is 260 Å². The van der Waals surface area contributed by atoms with Crippen LogP contribution in [0.1, 0.15) is 73.4 Å². The number of hydrogen-bond acceptors (Lipinski definition) is 5. The minimum atomic E-state index is -4.72. The van der Waals surface area contributed by atoms with Crippen molar-refractivity contribution in [1.82, 2.24) is 10.2 Å². The number of urea groups is 1. The molecule has 0 fully saturated rings. The van der Waals surface area contributed by atoms with E-state index in [0.29, 0.717) is 67.9 Å². The molecule has 0 saturated carbocycles. The number of unbranched alkanes of at least 4 members (excludes halogenated alkanes) is 1. The molecule has 1 heterocycles. The molecule has 7 nitrogen and oxygen atoms in total. The van der Waals surface area contributed by atoms with E-state index in [4.69, 9.17) is 9.15 Å². The highest BCUT2D eigenvalue weighted by Gasteiger charge is 2.35. The van der Waals surface area contributed by atoms with Gasteiger partial charge in [0.15, 0.2) is 0 Å². The van der Waals surface area contributed by atoms with Gasteiger partial charge in [-0.05, 0) is 48.4 Å². The average molecular weight is 623 g/mol. The van der Waals surface area contributed by atoms with E-state index in [1.807, 2.05) is 74.5 Å². The third kappa shape index (κ3) is 8.32. The Morgan fingerprint density at radius 3 is 2.13 bits per heavy atom. The number of benzene rings is 3. The van der Waals surface area contributed by atoms with Crippen molar-refractivity contribution >= 4 is 23.4 Å². The van der Waals surface area contributed by atoms with Crippen molar-refractivity contribution in [1.29, 1.82) is 0 Å². The summed E-state index contributed by atoms with van der Waals surface area (Å²) in [7, 11) is 0. The van der Waals surface area contributed by atoms with E-state index in [9.17, 15) is 27.6 Å². The summed E-state index contributed by atoms with van der Waals surface area (Å²) < 4.78 is 53.0. The molecule has 0 atom stereocenters. The third-order valence-electron chi connectivity index (χ3n) is 7.44. The zero-order valence-electron chi connectivity index (χ0n) is 25.4. The lowest BCUT2D eigenvalue weighted by atomic mass is 9.96. The summed E-state index contributed by atoms with van der Waals surface area (Å²) >= 11 is 0. The molecule has 0 aliphatic carbocycles. The molecule has 0 unspecified atom stereocenters. The van der Waals surface area contributed by atoms with E-state index in [1.165, 1.54) is 6.07 Å². The lowest BCUT2D eigenvalue weighted by Crippen LogP contribution is -2.41. The van der Waals surface area contributed by atoms with E-state index in [0.717, 1.165) is 16.0 Å². The molecule has 0 saturated heterocycles. The topological polar surface area (TPSA) is 88.8 Å². The fraction of sp³-hybridized carbons (Fsp3) is 0.343. The maximum atomic E-state index is 13.8. The molecule has 3 aromatic carbocycles. The Kier molecular flexibility index (Phi) is 11.4. The summed E-state index contributed by atoms with van der Waals surface area (Å²) in [6.45, 7) is 4.13. The van der Waals surface area contributed by atoms with Gasteiger partial charge < -0.3 is 14.5 Å². The summed E-state index contributed by atoms with van der Waals surface area (Å²) in [6.07, 6.45) is -1.24. The molecule has 0 aliphatic heterocycles. The van der Waals surface area contributed by atoms with Crippen LogP contribution in [0.4, 0.5) is 18.0 Å². The number of halogens is 3. The Morgan fingerprint density at radius 1 is 0.956 bits per heavy atom. The van der Waals surface area contributed by atoms with E-state index in [-0.39, 0.29) is 24.1 Å². The van der Waals surface area contributed by atoms with Gasteiger partial charge in [0, 0.05) is 23.6 Å². The summed E-state index contributed by atoms with van der Waals surface area (Å²) in [5.74, 6) is 0.423. The Hall–Kier alpha value is -4.60. The fourth-order valence-corrected chi connectivity index (χ4v) is 5.37. The smallest absolute Gasteiger partial charge is 0.417 e. The number of carbonyl (C=O) groups excluding carboxylic acids is 2. The van der Waals surface area contributed by atoms with Crippen molar-refractivity contribution in [2.45, 2.75) is 64.6 Å². The van der Waals surface area contributed by atoms with Crippen LogP contribution in [0.3, 0.4) is 0 Å². The van der Waals surface area contributed by atoms with E-state index in [2.05, 4.69) is 5.32 Å². The summed E-state index contributed by atoms with van der Waals surface area (Å²) in [6, 6.07) is 19.8. The molecule has 1 N–H and O–H groups in total. The number of fused-ring (bicyclic) bond motifs is 1. The maximum absolute atomic E-state index is 13.8. The highest BCUT2D eigenvalue weighted by atomic mass is 19.4. The molecule has 0 spiro atoms. The van der Waals surface area contributed by atoms with Crippen molar-refractivity contribution in [2.75, 3.05) is 13.2 Å². The molecule has 4 rings (SSSR count). The molecule has 3 amide bonds. The first kappa shape index (κ1) is 33.3. The predicted octanol–water partition coefficient (Wildman–Crippen LogP) is 7.83. The number of ether oxygens (including phenoxy) is 1. The number of nitrogens with zero attached hydrogens (tertiary/aromatic N) is 1. The maximum Gasteiger partial charge on any atom is 0.417 e. The van der Waals surface area contributed by atoms with Gasteiger partial charge in [-0.2, -0.15) is 13.2 Å². The monoisotopic (exact) mass is 622 g/mol. The zero-order valence-corrected chi connectivity index (χ0v) is 25.4. The first-order valence-electron chi connectivity index (χ1n) is 15.1. The van der Waals surface area contributed by atoms with Gasteiger partial charge in [0.1, 0.15) is 11.3 Å². The molecular formula is C35H37F3N2O5. The molecule has 238 valence electrons. The minimum Gasteiger partial charge on any atom is -0.493 e. The normalized spacial score (nSPS) is 11.5. The summed E-state index contributed by atoms with van der Waals surface area (Å²) in [5.41, 5.74) is 0.574. The van der Waals surface area contributed by atoms with E-state index < -0.39 is 29.4 Å². The Balaban J connectivity index is 1.47. The lowest BCUT2D eigenvalue weighted by molar-refractivity contribution is -0.136. The van der Waals surface area contributed by atoms with Gasteiger partial charge in [0.05, 0.1) is 18.2 Å². The third-order valence-corrected chi connectivity index (χ3v) is 7.44. The Bertz CT molecular complexity index is 1600. The Morgan fingerprint density at radius 2 is 1.58 bits per heavy atom. The van der Waals surface area contributed by atoms with Gasteiger partial charge in [0.2, 0.25) is 6.41 Å². The second-order valence-electron chi connectivity index (χ2n) is 10.8. The van der Waals surface area contributed by atoms with Crippen LogP contribution in [0.2, 0.25) is 0 Å². The molecule has 4 aromatic rings. The number of alkyl halides is 3. The van der Waals surface area contributed by atoms with Crippen molar-refractivity contribution in [3.8, 4) is 5.75 Å². The first-order valence-corrected chi connectivity index (χ1v) is 15.1. The van der Waals surface area contributed by atoms with Gasteiger partial charge in [-0.25, -0.2) is 9.59 Å². The molecule has 1 aromatic heterocycles. The molecular weight excluding hydrogens is 585 g/mol. The van der Waals surface area contributed by atoms with Crippen LogP contribution >= 0.6 is 0 Å². The van der Waals surface area contributed by atoms with Crippen LogP contribution in [0.15, 0.2) is 82.0 Å². The second kappa shape index (κ2) is 15.4. The second-order valence-corrected chi connectivity index (χ2v) is 10.8. The fourth-order valence-electron chi connectivity index (χ4n) is 5.37. The van der Waals surface area contributed by atoms with Crippen molar-refractivity contribution in [2.24, 2.45) is 0 Å². The van der Waals surface area contributed by atoms with Crippen LogP contribution in [-0.2, 0) is 23.8 Å². The van der Waals surface area contributed by atoms with Crippen LogP contribution in [0, 0.1) is 0 Å². The molecule has 0 radical (unpaired) electrons. The number of nitrogens with one attached hydrogen (secondary N) is 1. The SMILES string of the molecule is CCCc1cc2c(C(F)(F)F)cc(=O)oc2c(CCC)c1OCCCCN(C=O)C(=O)NC(c1ccccc1)c1ccccc1. The minimum absolute atomic E-state index is 0.110. The quantitative estimate of drug-likeness (QED) is 0.0880. The van der Waals surface area contributed by atoms with Gasteiger partial charge in [-0.1, -0.05) is 87.4 Å². The number of aryl methyl sites for hydroxylation is 2. The largest absolute Gasteiger partial charge is 0.493 e. The number of hydrogen-bond donors (Lipinski definition) is 1. The molecule has 10 heteroatoms. The summed E-state index contributed by atoms with van der Waals surface area (Å²) in [4.78, 5) is 38.2. The van der Waals surface area contributed by atoms with Gasteiger partial charge in [0.25, 0.3) is 0 Å². The number of amides is 3. The average Bonchev–Trinajstić information content (AvgIpc) is 3.03. The van der Waals surface area contributed by atoms with Crippen molar-refractivity contribution in [3.05, 3.63) is 111 Å². The molecule has 0 bridgehead atoms. The summed E-state index contributed by atoms with van der Waals surface area (Å²) in [5, 5.41) is 2.80. The molecule has 0 aliphatic rings. The zero-order chi connectivity index (χ0) is 32.4. The number of imide groups is 1.